The van der Waals surface area contributed by atoms with Crippen LogP contribution in [0.1, 0.15) is 0 Å². The molecule has 0 aromatic rings. The summed E-state index contributed by atoms with van der Waals surface area (Å²) >= 11 is 7.89. The summed E-state index contributed by atoms with van der Waals surface area (Å²) < 4.78 is 3.59. The van der Waals surface area contributed by atoms with E-state index in [0.717, 1.165) is 0 Å². The molecule has 0 aromatic heterocycles. The quantitative estimate of drug-likeness (QED) is 0.378. The van der Waals surface area contributed by atoms with Gasteiger partial charge in [-0.2, -0.15) is 0 Å². The standard InChI is InChI=1S/CH3BrI2OSi/c1-5-6(2,3)4/h1H3. The molecule has 0 aliphatic rings. The average Bonchev–Trinajstić information content (AvgIpc) is 1.35. The zero-order valence-electron chi connectivity index (χ0n) is 3.04. The van der Waals surface area contributed by atoms with E-state index >= 15 is 0 Å². The minimum Gasteiger partial charge on any atom is -0.395 e. The monoisotopic (exact) mass is 392 g/mol. The normalized spacial score (nSPS) is 12.0. The highest BCUT2D eigenvalue weighted by Gasteiger charge is 2.20. The molecule has 0 radical (unpaired) electrons. The molecule has 6 heavy (non-hydrogen) atoms. The van der Waals surface area contributed by atoms with Crippen molar-refractivity contribution in [2.45, 2.75) is 0 Å². The van der Waals surface area contributed by atoms with Gasteiger partial charge in [-0.1, -0.05) is 58.9 Å². The maximum Gasteiger partial charge on any atom is 0.397 e. The van der Waals surface area contributed by atoms with Crippen LogP contribution in [0.25, 0.3) is 0 Å². The Morgan fingerprint density at radius 3 is 1.83 bits per heavy atom. The van der Waals surface area contributed by atoms with Gasteiger partial charge < -0.3 is 4.43 Å². The van der Waals surface area contributed by atoms with Crippen molar-refractivity contribution in [1.29, 1.82) is 0 Å². The van der Waals surface area contributed by atoms with E-state index in [2.05, 4.69) is 58.9 Å². The van der Waals surface area contributed by atoms with E-state index in [1.165, 1.54) is 0 Å². The highest BCUT2D eigenvalue weighted by Crippen LogP contribution is 2.28. The third kappa shape index (κ3) is 6.12. The molecule has 0 unspecified atom stereocenters. The van der Waals surface area contributed by atoms with Gasteiger partial charge >= 0.3 is 1.93 Å². The average molecular weight is 393 g/mol. The smallest absolute Gasteiger partial charge is 0.395 e. The summed E-state index contributed by atoms with van der Waals surface area (Å²) in [6, 6.07) is 0. The summed E-state index contributed by atoms with van der Waals surface area (Å²) in [5.41, 5.74) is 0. The molecule has 0 rings (SSSR count). The molecule has 0 atom stereocenters. The Balaban J connectivity index is 3.17. The van der Waals surface area contributed by atoms with Crippen molar-refractivity contribution in [2.75, 3.05) is 7.11 Å². The third-order valence-corrected chi connectivity index (χ3v) is 4.31. The van der Waals surface area contributed by atoms with Crippen molar-refractivity contribution in [3.05, 3.63) is 0 Å². The lowest BCUT2D eigenvalue weighted by Crippen LogP contribution is -2.08. The van der Waals surface area contributed by atoms with Gasteiger partial charge in [0, 0.05) is 7.11 Å². The molecule has 38 valence electrons. The number of halogens is 3. The van der Waals surface area contributed by atoms with Gasteiger partial charge in [-0.05, 0) is 0 Å². The van der Waals surface area contributed by atoms with Gasteiger partial charge in [0.05, 0.1) is 0 Å². The lowest BCUT2D eigenvalue weighted by atomic mass is 11.8. The van der Waals surface area contributed by atoms with E-state index in [4.69, 9.17) is 4.43 Å². The second-order valence-corrected chi connectivity index (χ2v) is 29.5. The van der Waals surface area contributed by atoms with Crippen molar-refractivity contribution in [3.63, 3.8) is 0 Å². The summed E-state index contributed by atoms with van der Waals surface area (Å²) in [5, 5.41) is 0. The molecule has 0 saturated carbocycles. The van der Waals surface area contributed by atoms with Crippen molar-refractivity contribution < 1.29 is 4.43 Å². The lowest BCUT2D eigenvalue weighted by molar-refractivity contribution is 0.452. The molecular formula is CH3BrI2OSi. The summed E-state index contributed by atoms with van der Waals surface area (Å²) in [6.07, 6.45) is 0. The maximum atomic E-state index is 4.97. The SMILES string of the molecule is CO[Si](Br)(I)I. The maximum absolute atomic E-state index is 4.97. The van der Waals surface area contributed by atoms with Gasteiger partial charge in [-0.15, -0.1) is 0 Å². The first-order valence-corrected chi connectivity index (χ1v) is 11.6. The Kier molecular flexibility index (Phi) is 4.33. The second-order valence-electron chi connectivity index (χ2n) is 0.650. The number of rotatable bonds is 1. The van der Waals surface area contributed by atoms with Gasteiger partial charge in [-0.3, -0.25) is 0 Å². The second kappa shape index (κ2) is 3.20. The largest absolute Gasteiger partial charge is 0.397 e. The highest BCUT2D eigenvalue weighted by atomic mass is 127. The zero-order valence-corrected chi connectivity index (χ0v) is 9.94. The Morgan fingerprint density at radius 2 is 1.83 bits per heavy atom. The third-order valence-electron chi connectivity index (χ3n) is 0.231. The molecular weight excluding hydrogens is 390 g/mol. The van der Waals surface area contributed by atoms with Crippen LogP contribution in [0.15, 0.2) is 0 Å². The number of hydrogen-bond donors (Lipinski definition) is 0. The predicted molar refractivity (Wildman–Crippen MR) is 49.7 cm³/mol. The van der Waals surface area contributed by atoms with E-state index < -0.39 is 1.93 Å². The fraction of sp³-hybridized carbons (Fsp3) is 1.00. The first kappa shape index (κ1) is 8.12. The van der Waals surface area contributed by atoms with Crippen LogP contribution in [0.4, 0.5) is 0 Å². The van der Waals surface area contributed by atoms with E-state index in [9.17, 15) is 0 Å². The Labute approximate surface area is 71.3 Å². The first-order valence-electron chi connectivity index (χ1n) is 1.18. The van der Waals surface area contributed by atoms with Crippen molar-refractivity contribution in [2.24, 2.45) is 0 Å². The number of hydrogen-bond acceptors (Lipinski definition) is 1. The van der Waals surface area contributed by atoms with Crippen LogP contribution in [0, 0.1) is 0 Å². The van der Waals surface area contributed by atoms with Crippen LogP contribution in [0.5, 0.6) is 0 Å². The molecule has 0 bridgehead atoms. The fourth-order valence-electron chi connectivity index (χ4n) is 0. The van der Waals surface area contributed by atoms with Gasteiger partial charge in [0.1, 0.15) is 0 Å². The topological polar surface area (TPSA) is 9.23 Å². The van der Waals surface area contributed by atoms with E-state index in [-0.39, 0.29) is 0 Å². The zero-order chi connectivity index (χ0) is 5.21. The van der Waals surface area contributed by atoms with Gasteiger partial charge in [0.15, 0.2) is 0 Å². The van der Waals surface area contributed by atoms with Crippen LogP contribution < -0.4 is 0 Å². The molecule has 0 aromatic carbocycles. The molecule has 0 aliphatic carbocycles. The summed E-state index contributed by atoms with van der Waals surface area (Å²) in [6.45, 7) is 0. The highest BCUT2D eigenvalue weighted by molar-refractivity contribution is 14.3. The summed E-state index contributed by atoms with van der Waals surface area (Å²) in [5.74, 6) is 0. The molecule has 0 spiro atoms. The van der Waals surface area contributed by atoms with E-state index in [0.29, 0.717) is 0 Å². The molecule has 5 heteroatoms. The first-order chi connectivity index (χ1) is 2.56. The lowest BCUT2D eigenvalue weighted by Gasteiger charge is -2.02. The molecule has 0 N–H and O–H groups in total. The van der Waals surface area contributed by atoms with Crippen LogP contribution in [0.2, 0.25) is 0 Å². The predicted octanol–water partition coefficient (Wildman–Crippen LogP) is 2.33. The minimum absolute atomic E-state index is 1.38. The van der Waals surface area contributed by atoms with Crippen molar-refractivity contribution in [3.8, 4) is 0 Å². The molecule has 0 fully saturated rings. The Morgan fingerprint density at radius 1 is 1.67 bits per heavy atom. The van der Waals surface area contributed by atoms with E-state index in [1.807, 2.05) is 0 Å². The molecule has 0 saturated heterocycles. The summed E-state index contributed by atoms with van der Waals surface area (Å²) in [4.78, 5) is 0. The molecule has 1 nitrogen and oxygen atoms in total. The van der Waals surface area contributed by atoms with Crippen molar-refractivity contribution in [1.82, 2.24) is 0 Å². The van der Waals surface area contributed by atoms with Crippen LogP contribution in [0.3, 0.4) is 0 Å². The fourth-order valence-corrected chi connectivity index (χ4v) is 0. The van der Waals surface area contributed by atoms with Crippen molar-refractivity contribution >= 4 is 60.8 Å². The minimum atomic E-state index is -1.38. The Bertz CT molecular complexity index is 43.3. The molecule has 0 aliphatic heterocycles. The van der Waals surface area contributed by atoms with Gasteiger partial charge in [0.2, 0.25) is 0 Å². The Hall–Kier alpha value is 2.12. The van der Waals surface area contributed by atoms with Crippen LogP contribution >= 0.6 is 58.9 Å². The van der Waals surface area contributed by atoms with E-state index in [1.54, 1.807) is 7.11 Å². The van der Waals surface area contributed by atoms with Gasteiger partial charge in [0.25, 0.3) is 0 Å². The molecule has 0 heterocycles. The van der Waals surface area contributed by atoms with Gasteiger partial charge in [-0.25, -0.2) is 0 Å². The molecule has 0 amide bonds. The van der Waals surface area contributed by atoms with Crippen LogP contribution in [-0.2, 0) is 4.43 Å². The van der Waals surface area contributed by atoms with Crippen LogP contribution in [-0.4, -0.2) is 9.04 Å². The summed E-state index contributed by atoms with van der Waals surface area (Å²) in [7, 11) is 1.71.